The van der Waals surface area contributed by atoms with Gasteiger partial charge in [0, 0.05) is 11.5 Å². The summed E-state index contributed by atoms with van der Waals surface area (Å²) in [5, 5.41) is 10.2. The van der Waals surface area contributed by atoms with Crippen LogP contribution in [0.1, 0.15) is 30.9 Å². The molecule has 0 aliphatic rings. The van der Waals surface area contributed by atoms with Gasteiger partial charge in [0.2, 0.25) is 0 Å². The number of hydrogen-bond acceptors (Lipinski definition) is 4. The maximum atomic E-state index is 12.6. The third-order valence-electron chi connectivity index (χ3n) is 5.75. The Morgan fingerprint density at radius 3 is 2.61 bits per heavy atom. The molecule has 31 heavy (non-hydrogen) atoms. The van der Waals surface area contributed by atoms with E-state index in [-0.39, 0.29) is 5.63 Å². The lowest BCUT2D eigenvalue weighted by Crippen LogP contribution is -2.03. The second kappa shape index (κ2) is 7.84. The smallest absolute Gasteiger partial charge is 0.344 e. The Labute approximate surface area is 179 Å². The van der Waals surface area contributed by atoms with Crippen molar-refractivity contribution in [1.82, 2.24) is 15.0 Å². The molecule has 0 bridgehead atoms. The number of rotatable bonds is 5. The van der Waals surface area contributed by atoms with Crippen LogP contribution in [0.3, 0.4) is 0 Å². The van der Waals surface area contributed by atoms with Gasteiger partial charge in [-0.1, -0.05) is 49.7 Å². The van der Waals surface area contributed by atoms with E-state index in [0.29, 0.717) is 11.1 Å². The number of aryl methyl sites for hydroxylation is 2. The summed E-state index contributed by atoms with van der Waals surface area (Å²) < 4.78 is 5.65. The van der Waals surface area contributed by atoms with E-state index in [2.05, 4.69) is 25.0 Å². The lowest BCUT2D eigenvalue weighted by molar-refractivity contribution is 0.563. The lowest BCUT2D eigenvalue weighted by atomic mass is 10.0. The first-order valence-corrected chi connectivity index (χ1v) is 10.6. The molecule has 0 spiro atoms. The summed E-state index contributed by atoms with van der Waals surface area (Å²) in [6.07, 6.45) is 3.38. The lowest BCUT2D eigenvalue weighted by Gasteiger charge is -2.05. The predicted molar refractivity (Wildman–Crippen MR) is 124 cm³/mol. The van der Waals surface area contributed by atoms with Crippen LogP contribution in [0.5, 0.6) is 0 Å². The van der Waals surface area contributed by atoms with Crippen molar-refractivity contribution in [3.8, 4) is 16.8 Å². The molecule has 5 heteroatoms. The first-order chi connectivity index (χ1) is 15.1. The van der Waals surface area contributed by atoms with Gasteiger partial charge in [-0.05, 0) is 60.7 Å². The number of hydrogen-bond donors (Lipinski definition) is 0. The van der Waals surface area contributed by atoms with Crippen LogP contribution in [0.25, 0.3) is 38.8 Å². The van der Waals surface area contributed by atoms with Crippen LogP contribution in [0.4, 0.5) is 0 Å². The zero-order chi connectivity index (χ0) is 21.4. The third-order valence-corrected chi connectivity index (χ3v) is 5.75. The minimum atomic E-state index is -0.356. The monoisotopic (exact) mass is 409 g/mol. The molecule has 0 aliphatic carbocycles. The molecule has 0 amide bonds. The average molecular weight is 409 g/mol. The Hall–Kier alpha value is -3.73. The minimum absolute atomic E-state index is 0.356. The van der Waals surface area contributed by atoms with Crippen LogP contribution in [0.2, 0.25) is 0 Å². The Bertz CT molecular complexity index is 1450. The fourth-order valence-corrected chi connectivity index (χ4v) is 3.95. The minimum Gasteiger partial charge on any atom is -0.422 e. The van der Waals surface area contributed by atoms with Crippen molar-refractivity contribution in [3.05, 3.63) is 88.3 Å². The van der Waals surface area contributed by atoms with E-state index >= 15 is 0 Å². The van der Waals surface area contributed by atoms with E-state index in [9.17, 15) is 4.79 Å². The molecule has 0 N–H and O–H groups in total. The highest BCUT2D eigenvalue weighted by Crippen LogP contribution is 2.25. The zero-order valence-corrected chi connectivity index (χ0v) is 17.6. The van der Waals surface area contributed by atoms with Gasteiger partial charge < -0.3 is 4.42 Å². The fourth-order valence-electron chi connectivity index (χ4n) is 3.95. The number of fused-ring (bicyclic) bond motifs is 2. The van der Waals surface area contributed by atoms with Gasteiger partial charge >= 0.3 is 5.63 Å². The molecule has 0 saturated heterocycles. The summed E-state index contributed by atoms with van der Waals surface area (Å²) in [6, 6.07) is 21.3. The highest BCUT2D eigenvalue weighted by atomic mass is 16.4. The van der Waals surface area contributed by atoms with Gasteiger partial charge in [-0.15, -0.1) is 10.2 Å². The summed E-state index contributed by atoms with van der Waals surface area (Å²) in [5.41, 5.74) is 6.59. The summed E-state index contributed by atoms with van der Waals surface area (Å²) in [7, 11) is 0. The standard InChI is InChI=1S/C26H23N3O2/c1-3-4-8-18-12-14-23-25(17(18)2)28-29(27-23)21-13-11-20-15-22(19-9-6-5-7-10-19)26(30)31-24(20)16-21/h5-7,9-16H,3-4,8H2,1-2H3. The van der Waals surface area contributed by atoms with Gasteiger partial charge in [-0.25, -0.2) is 4.79 Å². The topological polar surface area (TPSA) is 60.9 Å². The van der Waals surface area contributed by atoms with E-state index in [1.54, 1.807) is 4.80 Å². The highest BCUT2D eigenvalue weighted by Gasteiger charge is 2.12. The molecule has 0 aliphatic heterocycles. The van der Waals surface area contributed by atoms with Gasteiger partial charge in [0.15, 0.2) is 0 Å². The molecule has 3 aromatic carbocycles. The second-order valence-electron chi connectivity index (χ2n) is 7.85. The van der Waals surface area contributed by atoms with Crippen molar-refractivity contribution in [2.45, 2.75) is 33.1 Å². The largest absolute Gasteiger partial charge is 0.422 e. The molecule has 154 valence electrons. The van der Waals surface area contributed by atoms with Crippen molar-refractivity contribution >= 4 is 22.0 Å². The van der Waals surface area contributed by atoms with Crippen LogP contribution < -0.4 is 5.63 Å². The number of nitrogens with zero attached hydrogens (tertiary/aromatic N) is 3. The summed E-state index contributed by atoms with van der Waals surface area (Å²) in [6.45, 7) is 4.31. The fraction of sp³-hybridized carbons (Fsp3) is 0.192. The molecule has 5 nitrogen and oxygen atoms in total. The summed E-state index contributed by atoms with van der Waals surface area (Å²) >= 11 is 0. The van der Waals surface area contributed by atoms with Crippen molar-refractivity contribution < 1.29 is 4.42 Å². The maximum Gasteiger partial charge on any atom is 0.344 e. The molecule has 2 heterocycles. The number of aromatic nitrogens is 3. The molecule has 0 fully saturated rings. The van der Waals surface area contributed by atoms with Gasteiger partial charge in [0.1, 0.15) is 16.6 Å². The van der Waals surface area contributed by atoms with E-state index in [4.69, 9.17) is 9.52 Å². The molecule has 0 atom stereocenters. The van der Waals surface area contributed by atoms with Crippen molar-refractivity contribution in [3.63, 3.8) is 0 Å². The molecule has 0 unspecified atom stereocenters. The predicted octanol–water partition coefficient (Wildman–Crippen LogP) is 5.84. The quantitative estimate of drug-likeness (QED) is 0.342. The Morgan fingerprint density at radius 2 is 1.81 bits per heavy atom. The van der Waals surface area contributed by atoms with Gasteiger partial charge in [-0.2, -0.15) is 4.80 Å². The Kier molecular flexibility index (Phi) is 4.86. The van der Waals surface area contributed by atoms with Crippen LogP contribution in [-0.4, -0.2) is 15.0 Å². The summed E-state index contributed by atoms with van der Waals surface area (Å²) in [5.74, 6) is 0. The van der Waals surface area contributed by atoms with Crippen molar-refractivity contribution in [2.75, 3.05) is 0 Å². The van der Waals surface area contributed by atoms with Gasteiger partial charge in [0.05, 0.1) is 11.3 Å². The molecule has 0 saturated carbocycles. The van der Waals surface area contributed by atoms with E-state index < -0.39 is 0 Å². The Morgan fingerprint density at radius 1 is 0.968 bits per heavy atom. The maximum absolute atomic E-state index is 12.6. The molecule has 2 aromatic heterocycles. The van der Waals surface area contributed by atoms with Crippen LogP contribution in [0.15, 0.2) is 75.9 Å². The number of benzene rings is 3. The van der Waals surface area contributed by atoms with Crippen LogP contribution in [-0.2, 0) is 6.42 Å². The van der Waals surface area contributed by atoms with Gasteiger partial charge in [0.25, 0.3) is 0 Å². The SMILES string of the molecule is CCCCc1ccc2nn(-c3ccc4cc(-c5ccccc5)c(=O)oc4c3)nc2c1C. The van der Waals surface area contributed by atoms with Gasteiger partial charge in [-0.3, -0.25) is 0 Å². The molecule has 5 rings (SSSR count). The highest BCUT2D eigenvalue weighted by molar-refractivity contribution is 5.84. The molecular formula is C26H23N3O2. The summed E-state index contributed by atoms with van der Waals surface area (Å²) in [4.78, 5) is 14.2. The molecule has 0 radical (unpaired) electrons. The van der Waals surface area contributed by atoms with E-state index in [0.717, 1.165) is 40.5 Å². The van der Waals surface area contributed by atoms with Crippen LogP contribution >= 0.6 is 0 Å². The van der Waals surface area contributed by atoms with Crippen molar-refractivity contribution in [2.24, 2.45) is 0 Å². The number of unbranched alkanes of at least 4 members (excludes halogenated alkanes) is 1. The normalized spacial score (nSPS) is 11.4. The Balaban J connectivity index is 1.57. The molecular weight excluding hydrogens is 386 g/mol. The zero-order valence-electron chi connectivity index (χ0n) is 17.6. The van der Waals surface area contributed by atoms with E-state index in [1.807, 2.05) is 60.7 Å². The second-order valence-corrected chi connectivity index (χ2v) is 7.85. The van der Waals surface area contributed by atoms with E-state index in [1.165, 1.54) is 17.5 Å². The first kappa shape index (κ1) is 19.2. The van der Waals surface area contributed by atoms with Crippen molar-refractivity contribution in [1.29, 1.82) is 0 Å². The van der Waals surface area contributed by atoms with Crippen LogP contribution in [0, 0.1) is 6.92 Å². The average Bonchev–Trinajstić information content (AvgIpc) is 3.24. The molecule has 5 aromatic rings. The first-order valence-electron chi connectivity index (χ1n) is 10.6. The third kappa shape index (κ3) is 3.52.